The minimum absolute atomic E-state index is 0.193. The van der Waals surface area contributed by atoms with Crippen molar-refractivity contribution in [2.45, 2.75) is 31.7 Å². The molecule has 0 unspecified atom stereocenters. The molecule has 104 valence electrons. The molecule has 8 nitrogen and oxygen atoms in total. The van der Waals surface area contributed by atoms with Crippen LogP contribution in [0.4, 0.5) is 11.9 Å². The van der Waals surface area contributed by atoms with Crippen LogP contribution in [0.15, 0.2) is 12.7 Å². The van der Waals surface area contributed by atoms with E-state index in [0.29, 0.717) is 17.9 Å². The Kier molecular flexibility index (Phi) is 2.54. The van der Waals surface area contributed by atoms with E-state index in [4.69, 9.17) is 5.73 Å². The summed E-state index contributed by atoms with van der Waals surface area (Å²) in [6.07, 6.45) is 8.16. The SMILES string of the molecule is Nc1nc(NC(C2CC2)C2CC2)nc(-n2cncn2)n1. The van der Waals surface area contributed by atoms with Gasteiger partial charge in [-0.05, 0) is 37.5 Å². The number of nitrogens with zero attached hydrogens (tertiary/aromatic N) is 6. The lowest BCUT2D eigenvalue weighted by molar-refractivity contribution is 0.562. The summed E-state index contributed by atoms with van der Waals surface area (Å²) in [5, 5.41) is 7.45. The summed E-state index contributed by atoms with van der Waals surface area (Å²) in [5.41, 5.74) is 5.76. The van der Waals surface area contributed by atoms with E-state index in [1.807, 2.05) is 0 Å². The topological polar surface area (TPSA) is 107 Å². The zero-order valence-corrected chi connectivity index (χ0v) is 11.0. The molecule has 0 spiro atoms. The van der Waals surface area contributed by atoms with E-state index in [9.17, 15) is 0 Å². The van der Waals surface area contributed by atoms with Crippen molar-refractivity contribution in [3.8, 4) is 5.95 Å². The second-order valence-electron chi connectivity index (χ2n) is 5.50. The zero-order chi connectivity index (χ0) is 13.5. The molecule has 0 amide bonds. The van der Waals surface area contributed by atoms with Gasteiger partial charge in [0.25, 0.3) is 5.95 Å². The van der Waals surface area contributed by atoms with E-state index in [1.54, 1.807) is 0 Å². The second kappa shape index (κ2) is 4.39. The highest BCUT2D eigenvalue weighted by atomic mass is 15.4. The highest BCUT2D eigenvalue weighted by molar-refractivity contribution is 5.36. The molecular formula is C12H16N8. The smallest absolute Gasteiger partial charge is 0.258 e. The van der Waals surface area contributed by atoms with Crippen molar-refractivity contribution in [2.75, 3.05) is 11.1 Å². The molecule has 2 aromatic rings. The highest BCUT2D eigenvalue weighted by Crippen LogP contribution is 2.45. The van der Waals surface area contributed by atoms with E-state index in [-0.39, 0.29) is 5.95 Å². The first kappa shape index (κ1) is 11.6. The van der Waals surface area contributed by atoms with Crippen molar-refractivity contribution < 1.29 is 0 Å². The summed E-state index contributed by atoms with van der Waals surface area (Å²) in [4.78, 5) is 16.5. The van der Waals surface area contributed by atoms with Gasteiger partial charge in [-0.15, -0.1) is 0 Å². The number of rotatable bonds is 5. The van der Waals surface area contributed by atoms with E-state index in [1.165, 1.54) is 43.0 Å². The number of nitrogens with two attached hydrogens (primary N) is 1. The van der Waals surface area contributed by atoms with E-state index in [0.717, 1.165) is 11.8 Å². The van der Waals surface area contributed by atoms with Crippen molar-refractivity contribution >= 4 is 11.9 Å². The average Bonchev–Trinajstić information content (AvgIpc) is 3.35. The maximum Gasteiger partial charge on any atom is 0.258 e. The van der Waals surface area contributed by atoms with Crippen LogP contribution >= 0.6 is 0 Å². The standard InChI is InChI=1S/C12H16N8/c13-10-17-11(16-9(7-1-2-7)8-3-4-8)19-12(18-10)20-6-14-5-15-20/h5-9H,1-4H2,(H3,13,16,17,18,19). The molecule has 0 saturated heterocycles. The third kappa shape index (κ3) is 2.28. The van der Waals surface area contributed by atoms with Crippen LogP contribution in [0.5, 0.6) is 0 Å². The first-order valence-electron chi connectivity index (χ1n) is 6.93. The molecule has 2 aromatic heterocycles. The Morgan fingerprint density at radius 3 is 2.50 bits per heavy atom. The molecule has 0 radical (unpaired) electrons. The van der Waals surface area contributed by atoms with Crippen LogP contribution in [0.2, 0.25) is 0 Å². The van der Waals surface area contributed by atoms with Gasteiger partial charge in [0.05, 0.1) is 0 Å². The number of hydrogen-bond acceptors (Lipinski definition) is 7. The second-order valence-corrected chi connectivity index (χ2v) is 5.50. The zero-order valence-electron chi connectivity index (χ0n) is 11.0. The Balaban J connectivity index is 1.60. The van der Waals surface area contributed by atoms with Crippen LogP contribution in [0.1, 0.15) is 25.7 Å². The molecule has 0 bridgehead atoms. The monoisotopic (exact) mass is 272 g/mol. The molecule has 4 rings (SSSR count). The molecule has 8 heteroatoms. The highest BCUT2D eigenvalue weighted by Gasteiger charge is 2.41. The third-order valence-corrected chi connectivity index (χ3v) is 3.82. The van der Waals surface area contributed by atoms with Gasteiger partial charge < -0.3 is 11.1 Å². The first-order chi connectivity index (χ1) is 9.79. The fourth-order valence-corrected chi connectivity index (χ4v) is 2.54. The summed E-state index contributed by atoms with van der Waals surface area (Å²) in [7, 11) is 0. The lowest BCUT2D eigenvalue weighted by Crippen LogP contribution is -2.26. The fourth-order valence-electron chi connectivity index (χ4n) is 2.54. The van der Waals surface area contributed by atoms with Gasteiger partial charge >= 0.3 is 0 Å². The minimum Gasteiger partial charge on any atom is -0.368 e. The molecule has 2 saturated carbocycles. The third-order valence-electron chi connectivity index (χ3n) is 3.82. The predicted molar refractivity (Wildman–Crippen MR) is 72.0 cm³/mol. The Labute approximate surface area is 115 Å². The summed E-state index contributed by atoms with van der Waals surface area (Å²) in [6.45, 7) is 0. The Morgan fingerprint density at radius 2 is 1.90 bits per heavy atom. The lowest BCUT2D eigenvalue weighted by Gasteiger charge is -2.17. The maximum absolute atomic E-state index is 5.76. The molecule has 20 heavy (non-hydrogen) atoms. The van der Waals surface area contributed by atoms with Crippen molar-refractivity contribution in [3.63, 3.8) is 0 Å². The Morgan fingerprint density at radius 1 is 1.15 bits per heavy atom. The molecule has 0 aromatic carbocycles. The quantitative estimate of drug-likeness (QED) is 0.822. The van der Waals surface area contributed by atoms with Gasteiger partial charge in [0.1, 0.15) is 12.7 Å². The number of nitrogen functional groups attached to an aromatic ring is 1. The van der Waals surface area contributed by atoms with Gasteiger partial charge in [0.15, 0.2) is 0 Å². The lowest BCUT2D eigenvalue weighted by atomic mass is 10.1. The van der Waals surface area contributed by atoms with Gasteiger partial charge in [-0.1, -0.05) is 0 Å². The van der Waals surface area contributed by atoms with Gasteiger partial charge in [-0.3, -0.25) is 0 Å². The van der Waals surface area contributed by atoms with E-state index < -0.39 is 0 Å². The van der Waals surface area contributed by atoms with Crippen LogP contribution in [0.25, 0.3) is 5.95 Å². The predicted octanol–water partition coefficient (Wildman–Crippen LogP) is 0.635. The van der Waals surface area contributed by atoms with E-state index in [2.05, 4.69) is 30.4 Å². The molecule has 2 fully saturated rings. The molecular weight excluding hydrogens is 256 g/mol. The average molecular weight is 272 g/mol. The fraction of sp³-hybridized carbons (Fsp3) is 0.583. The van der Waals surface area contributed by atoms with Crippen LogP contribution in [-0.4, -0.2) is 35.8 Å². The number of nitrogens with one attached hydrogen (secondary N) is 1. The van der Waals surface area contributed by atoms with E-state index >= 15 is 0 Å². The van der Waals surface area contributed by atoms with Gasteiger partial charge in [-0.2, -0.15) is 24.7 Å². The summed E-state index contributed by atoms with van der Waals surface area (Å²) < 4.78 is 1.48. The Bertz CT molecular complexity index is 590. The van der Waals surface area contributed by atoms with Gasteiger partial charge in [0, 0.05) is 6.04 Å². The van der Waals surface area contributed by atoms with Crippen LogP contribution in [0, 0.1) is 11.8 Å². The first-order valence-corrected chi connectivity index (χ1v) is 6.93. The van der Waals surface area contributed by atoms with Crippen molar-refractivity contribution in [2.24, 2.45) is 11.8 Å². The largest absolute Gasteiger partial charge is 0.368 e. The van der Waals surface area contributed by atoms with Crippen molar-refractivity contribution in [3.05, 3.63) is 12.7 Å². The molecule has 2 heterocycles. The van der Waals surface area contributed by atoms with Crippen LogP contribution in [0.3, 0.4) is 0 Å². The molecule has 0 atom stereocenters. The van der Waals surface area contributed by atoms with Crippen molar-refractivity contribution in [1.29, 1.82) is 0 Å². The molecule has 0 aliphatic heterocycles. The van der Waals surface area contributed by atoms with Crippen LogP contribution in [-0.2, 0) is 0 Å². The van der Waals surface area contributed by atoms with Crippen LogP contribution < -0.4 is 11.1 Å². The summed E-state index contributed by atoms with van der Waals surface area (Å²) in [5.74, 6) is 2.64. The van der Waals surface area contributed by atoms with Crippen molar-refractivity contribution in [1.82, 2.24) is 29.7 Å². The number of hydrogen-bond donors (Lipinski definition) is 2. The Hall–Kier alpha value is -2.25. The molecule has 2 aliphatic rings. The minimum atomic E-state index is 0.193. The summed E-state index contributed by atoms with van der Waals surface area (Å²) >= 11 is 0. The molecule has 2 aliphatic carbocycles. The van der Waals surface area contributed by atoms with Gasteiger partial charge in [0.2, 0.25) is 11.9 Å². The number of anilines is 2. The summed E-state index contributed by atoms with van der Waals surface area (Å²) in [6, 6.07) is 0.473. The normalized spacial score (nSPS) is 18.4. The molecule has 3 N–H and O–H groups in total. The number of aromatic nitrogens is 6. The maximum atomic E-state index is 5.76. The van der Waals surface area contributed by atoms with Gasteiger partial charge in [-0.25, -0.2) is 4.98 Å².